The van der Waals surface area contributed by atoms with Gasteiger partial charge in [0.25, 0.3) is 0 Å². The average Bonchev–Trinajstić information content (AvgIpc) is 2.75. The largest absolute Gasteiger partial charge is 0.241 e. The molecule has 1 heterocycles. The predicted molar refractivity (Wildman–Crippen MR) is 71.3 cm³/mol. The zero-order valence-electron chi connectivity index (χ0n) is 9.24. The van der Waals surface area contributed by atoms with Crippen LogP contribution >= 0.6 is 22.9 Å². The molecule has 1 nitrogen and oxygen atoms in total. The minimum absolute atomic E-state index is 0.706. The van der Waals surface area contributed by atoms with Crippen molar-refractivity contribution in [3.05, 3.63) is 40.9 Å². The molecule has 0 atom stereocenters. The minimum Gasteiger partial charge on any atom is -0.241 e. The fraction of sp³-hybridized carbons (Fsp3) is 0.308. The van der Waals surface area contributed by atoms with Gasteiger partial charge in [0.2, 0.25) is 0 Å². The van der Waals surface area contributed by atoms with Gasteiger partial charge in [0.05, 0.1) is 5.69 Å². The zero-order valence-corrected chi connectivity index (χ0v) is 10.8. The van der Waals surface area contributed by atoms with E-state index >= 15 is 0 Å². The molecule has 0 aliphatic carbocycles. The highest BCUT2D eigenvalue weighted by atomic mass is 35.5. The molecule has 0 radical (unpaired) electrons. The number of hydrogen-bond donors (Lipinski definition) is 0. The van der Waals surface area contributed by atoms with E-state index in [0.717, 1.165) is 23.5 Å². The average molecular weight is 252 g/mol. The Morgan fingerprint density at radius 3 is 3.00 bits per heavy atom. The minimum atomic E-state index is 0.706. The van der Waals surface area contributed by atoms with Crippen molar-refractivity contribution in [1.82, 2.24) is 4.98 Å². The molecule has 0 aliphatic heterocycles. The van der Waals surface area contributed by atoms with E-state index in [0.29, 0.717) is 5.88 Å². The number of aromatic nitrogens is 1. The van der Waals surface area contributed by atoms with Crippen LogP contribution in [0.2, 0.25) is 0 Å². The first-order valence-corrected chi connectivity index (χ1v) is 6.78. The highest BCUT2D eigenvalue weighted by Gasteiger charge is 2.04. The number of aryl methyl sites for hydroxylation is 2. The molecule has 1 aromatic carbocycles. The molecule has 0 amide bonds. The summed E-state index contributed by atoms with van der Waals surface area (Å²) in [7, 11) is 0. The van der Waals surface area contributed by atoms with Crippen LogP contribution in [0, 0.1) is 6.92 Å². The van der Waals surface area contributed by atoms with E-state index in [9.17, 15) is 0 Å². The summed E-state index contributed by atoms with van der Waals surface area (Å²) >= 11 is 7.38. The summed E-state index contributed by atoms with van der Waals surface area (Å²) in [6, 6.07) is 8.46. The molecular formula is C13H14ClNS. The second-order valence-electron chi connectivity index (χ2n) is 3.81. The summed E-state index contributed by atoms with van der Waals surface area (Å²) in [5, 5.41) is 3.23. The van der Waals surface area contributed by atoms with Crippen LogP contribution in [0.1, 0.15) is 17.7 Å². The SMILES string of the molecule is Cc1cccc(-c2nc(CCCCl)cs2)c1. The Morgan fingerprint density at radius 1 is 1.38 bits per heavy atom. The molecule has 3 heteroatoms. The maximum atomic E-state index is 5.67. The van der Waals surface area contributed by atoms with E-state index in [-0.39, 0.29) is 0 Å². The Hall–Kier alpha value is -0.860. The quantitative estimate of drug-likeness (QED) is 0.739. The van der Waals surface area contributed by atoms with Gasteiger partial charge in [-0.05, 0) is 25.8 Å². The van der Waals surface area contributed by atoms with E-state index in [2.05, 4.69) is 41.6 Å². The van der Waals surface area contributed by atoms with Gasteiger partial charge in [0, 0.05) is 16.8 Å². The third-order valence-electron chi connectivity index (χ3n) is 2.38. The normalized spacial score (nSPS) is 10.6. The lowest BCUT2D eigenvalue weighted by molar-refractivity contribution is 0.900. The molecule has 0 spiro atoms. The molecule has 2 aromatic rings. The molecule has 0 unspecified atom stereocenters. The highest BCUT2D eigenvalue weighted by molar-refractivity contribution is 7.13. The van der Waals surface area contributed by atoms with Gasteiger partial charge >= 0.3 is 0 Å². The van der Waals surface area contributed by atoms with Gasteiger partial charge in [-0.25, -0.2) is 4.98 Å². The second kappa shape index (κ2) is 5.46. The van der Waals surface area contributed by atoms with Crippen molar-refractivity contribution in [3.63, 3.8) is 0 Å². The van der Waals surface area contributed by atoms with Gasteiger partial charge in [-0.2, -0.15) is 0 Å². The standard InChI is InChI=1S/C13H14ClNS/c1-10-4-2-5-11(8-10)13-15-12(9-16-13)6-3-7-14/h2,4-5,8-9H,3,6-7H2,1H3. The maximum absolute atomic E-state index is 5.67. The molecule has 0 aliphatic rings. The molecule has 2 rings (SSSR count). The summed E-state index contributed by atoms with van der Waals surface area (Å²) in [5.41, 5.74) is 3.64. The Bertz CT molecular complexity index is 464. The number of hydrogen-bond acceptors (Lipinski definition) is 2. The van der Waals surface area contributed by atoms with Crippen LogP contribution in [0.5, 0.6) is 0 Å². The van der Waals surface area contributed by atoms with E-state index in [4.69, 9.17) is 11.6 Å². The Morgan fingerprint density at radius 2 is 2.25 bits per heavy atom. The van der Waals surface area contributed by atoms with Crippen molar-refractivity contribution >= 4 is 22.9 Å². The van der Waals surface area contributed by atoms with Crippen molar-refractivity contribution in [3.8, 4) is 10.6 Å². The molecule has 0 fully saturated rings. The lowest BCUT2D eigenvalue weighted by Gasteiger charge is -1.97. The lowest BCUT2D eigenvalue weighted by Crippen LogP contribution is -1.86. The van der Waals surface area contributed by atoms with Crippen LogP contribution in [0.3, 0.4) is 0 Å². The van der Waals surface area contributed by atoms with E-state index in [1.165, 1.54) is 11.1 Å². The van der Waals surface area contributed by atoms with E-state index in [1.54, 1.807) is 11.3 Å². The Kier molecular flexibility index (Phi) is 3.97. The molecule has 1 aromatic heterocycles. The van der Waals surface area contributed by atoms with Crippen molar-refractivity contribution in [2.24, 2.45) is 0 Å². The topological polar surface area (TPSA) is 12.9 Å². The number of benzene rings is 1. The summed E-state index contributed by atoms with van der Waals surface area (Å²) < 4.78 is 0. The smallest absolute Gasteiger partial charge is 0.123 e. The predicted octanol–water partition coefficient (Wildman–Crippen LogP) is 4.29. The summed E-state index contributed by atoms with van der Waals surface area (Å²) in [4.78, 5) is 4.62. The molecule has 0 N–H and O–H groups in total. The number of nitrogens with zero attached hydrogens (tertiary/aromatic N) is 1. The highest BCUT2D eigenvalue weighted by Crippen LogP contribution is 2.24. The van der Waals surface area contributed by atoms with Crippen LogP contribution in [-0.2, 0) is 6.42 Å². The van der Waals surface area contributed by atoms with Crippen molar-refractivity contribution in [2.45, 2.75) is 19.8 Å². The summed E-state index contributed by atoms with van der Waals surface area (Å²) in [6.45, 7) is 2.10. The molecule has 0 saturated heterocycles. The number of halogens is 1. The van der Waals surface area contributed by atoms with Gasteiger partial charge in [-0.3, -0.25) is 0 Å². The lowest BCUT2D eigenvalue weighted by atomic mass is 10.1. The molecule has 16 heavy (non-hydrogen) atoms. The van der Waals surface area contributed by atoms with Crippen LogP contribution in [-0.4, -0.2) is 10.9 Å². The summed E-state index contributed by atoms with van der Waals surface area (Å²) in [5.74, 6) is 0.706. The van der Waals surface area contributed by atoms with Crippen LogP contribution < -0.4 is 0 Å². The van der Waals surface area contributed by atoms with Crippen molar-refractivity contribution < 1.29 is 0 Å². The monoisotopic (exact) mass is 251 g/mol. The molecule has 0 bridgehead atoms. The van der Waals surface area contributed by atoms with Gasteiger partial charge in [0.1, 0.15) is 5.01 Å². The fourth-order valence-corrected chi connectivity index (χ4v) is 2.57. The number of alkyl halides is 1. The van der Waals surface area contributed by atoms with Gasteiger partial charge in [-0.15, -0.1) is 22.9 Å². The number of thiazole rings is 1. The Balaban J connectivity index is 2.18. The van der Waals surface area contributed by atoms with E-state index in [1.807, 2.05) is 0 Å². The first kappa shape index (κ1) is 11.6. The third kappa shape index (κ3) is 2.83. The molecule has 0 saturated carbocycles. The van der Waals surface area contributed by atoms with Crippen LogP contribution in [0.4, 0.5) is 0 Å². The van der Waals surface area contributed by atoms with E-state index < -0.39 is 0 Å². The maximum Gasteiger partial charge on any atom is 0.123 e. The second-order valence-corrected chi connectivity index (χ2v) is 5.04. The van der Waals surface area contributed by atoms with Crippen LogP contribution in [0.15, 0.2) is 29.6 Å². The summed E-state index contributed by atoms with van der Waals surface area (Å²) in [6.07, 6.45) is 1.98. The fourth-order valence-electron chi connectivity index (χ4n) is 1.58. The molecular weight excluding hydrogens is 238 g/mol. The molecule has 84 valence electrons. The first-order valence-electron chi connectivity index (χ1n) is 5.37. The first-order chi connectivity index (χ1) is 7.79. The third-order valence-corrected chi connectivity index (χ3v) is 3.59. The van der Waals surface area contributed by atoms with Gasteiger partial charge in [-0.1, -0.05) is 23.8 Å². The Labute approximate surface area is 105 Å². The van der Waals surface area contributed by atoms with Crippen LogP contribution in [0.25, 0.3) is 10.6 Å². The van der Waals surface area contributed by atoms with Crippen molar-refractivity contribution in [2.75, 3.05) is 5.88 Å². The zero-order chi connectivity index (χ0) is 11.4. The number of rotatable bonds is 4. The van der Waals surface area contributed by atoms with Gasteiger partial charge in [0.15, 0.2) is 0 Å². The van der Waals surface area contributed by atoms with Gasteiger partial charge < -0.3 is 0 Å². The van der Waals surface area contributed by atoms with Crippen molar-refractivity contribution in [1.29, 1.82) is 0 Å².